The quantitative estimate of drug-likeness (QED) is 0.890. The van der Waals surface area contributed by atoms with E-state index in [4.69, 9.17) is 4.98 Å². The van der Waals surface area contributed by atoms with Gasteiger partial charge in [0.2, 0.25) is 0 Å². The monoisotopic (exact) mass is 302 g/mol. The third kappa shape index (κ3) is 3.18. The molecule has 0 bridgehead atoms. The fourth-order valence-corrected chi connectivity index (χ4v) is 4.02. The average Bonchev–Trinajstić information content (AvgIpc) is 3.06. The van der Waals surface area contributed by atoms with E-state index in [0.29, 0.717) is 6.54 Å². The number of aryl methyl sites for hydroxylation is 3. The Morgan fingerprint density at radius 2 is 2.14 bits per heavy atom. The molecule has 3 rings (SSSR count). The first-order valence-corrected chi connectivity index (χ1v) is 8.42. The average molecular weight is 302 g/mol. The van der Waals surface area contributed by atoms with Crippen LogP contribution in [0.15, 0.2) is 24.3 Å². The largest absolute Gasteiger partial charge is 0.387 e. The number of hydrogen-bond donors (Lipinski definition) is 2. The summed E-state index contributed by atoms with van der Waals surface area (Å²) in [5, 5.41) is 14.9. The number of hydrogen-bond acceptors (Lipinski definition) is 4. The molecule has 0 aliphatic heterocycles. The second-order valence-corrected chi connectivity index (χ2v) is 6.89. The summed E-state index contributed by atoms with van der Waals surface area (Å²) in [4.78, 5) is 6.19. The lowest BCUT2D eigenvalue weighted by molar-refractivity contribution is 0.170. The van der Waals surface area contributed by atoms with E-state index in [-0.39, 0.29) is 6.04 Å². The lowest BCUT2D eigenvalue weighted by atomic mass is 10.0. The summed E-state index contributed by atoms with van der Waals surface area (Å²) < 4.78 is 0. The van der Waals surface area contributed by atoms with Crippen molar-refractivity contribution in [2.75, 3.05) is 6.54 Å². The second kappa shape index (κ2) is 6.26. The molecule has 1 aromatic heterocycles. The third-order valence-electron chi connectivity index (χ3n) is 4.15. The highest BCUT2D eigenvalue weighted by Crippen LogP contribution is 2.30. The van der Waals surface area contributed by atoms with Crippen molar-refractivity contribution in [2.45, 2.75) is 45.3 Å². The van der Waals surface area contributed by atoms with E-state index < -0.39 is 6.10 Å². The number of aliphatic hydroxyl groups is 1. The number of aromatic nitrogens is 1. The Morgan fingerprint density at radius 3 is 2.90 bits per heavy atom. The van der Waals surface area contributed by atoms with Crippen molar-refractivity contribution in [3.63, 3.8) is 0 Å². The molecule has 3 nitrogen and oxygen atoms in total. The van der Waals surface area contributed by atoms with E-state index in [1.54, 1.807) is 0 Å². The summed E-state index contributed by atoms with van der Waals surface area (Å²) in [6, 6.07) is 8.19. The first kappa shape index (κ1) is 14.7. The van der Waals surface area contributed by atoms with Crippen LogP contribution in [0.5, 0.6) is 0 Å². The van der Waals surface area contributed by atoms with Crippen LogP contribution >= 0.6 is 11.3 Å². The molecule has 2 N–H and O–H groups in total. The fraction of sp³-hybridized carbons (Fsp3) is 0.471. The Hall–Kier alpha value is -1.23. The first-order chi connectivity index (χ1) is 10.1. The van der Waals surface area contributed by atoms with Gasteiger partial charge in [-0.2, -0.15) is 0 Å². The van der Waals surface area contributed by atoms with Gasteiger partial charge in [-0.05, 0) is 44.2 Å². The minimum atomic E-state index is -0.472. The molecular formula is C17H22N2OS. The first-order valence-electron chi connectivity index (χ1n) is 7.60. The molecule has 1 heterocycles. The smallest absolute Gasteiger partial charge is 0.110 e. The number of fused-ring (bicyclic) bond motifs is 1. The summed E-state index contributed by atoms with van der Waals surface area (Å²) in [6.45, 7) is 4.71. The Kier molecular flexibility index (Phi) is 4.38. The summed E-state index contributed by atoms with van der Waals surface area (Å²) in [5.74, 6) is 0. The van der Waals surface area contributed by atoms with Crippen LogP contribution in [0.4, 0.5) is 0 Å². The van der Waals surface area contributed by atoms with Gasteiger partial charge in [0, 0.05) is 11.4 Å². The molecule has 1 aliphatic rings. The highest BCUT2D eigenvalue weighted by atomic mass is 32.1. The van der Waals surface area contributed by atoms with Crippen molar-refractivity contribution in [1.29, 1.82) is 0 Å². The zero-order valence-corrected chi connectivity index (χ0v) is 13.4. The van der Waals surface area contributed by atoms with Crippen molar-refractivity contribution >= 4 is 11.3 Å². The van der Waals surface area contributed by atoms with E-state index >= 15 is 0 Å². The van der Waals surface area contributed by atoms with Crippen LogP contribution in [0.25, 0.3) is 0 Å². The Morgan fingerprint density at radius 1 is 1.33 bits per heavy atom. The van der Waals surface area contributed by atoms with Gasteiger partial charge < -0.3 is 10.4 Å². The third-order valence-corrected chi connectivity index (χ3v) is 5.49. The van der Waals surface area contributed by atoms with E-state index in [9.17, 15) is 5.11 Å². The van der Waals surface area contributed by atoms with Crippen LogP contribution < -0.4 is 5.32 Å². The molecule has 0 amide bonds. The van der Waals surface area contributed by atoms with E-state index in [2.05, 4.69) is 12.2 Å². The van der Waals surface area contributed by atoms with Crippen molar-refractivity contribution in [1.82, 2.24) is 10.3 Å². The summed E-state index contributed by atoms with van der Waals surface area (Å²) in [6.07, 6.45) is 3.10. The van der Waals surface area contributed by atoms with Crippen LogP contribution in [0, 0.1) is 6.92 Å². The Labute approximate surface area is 130 Å². The molecule has 0 saturated carbocycles. The van der Waals surface area contributed by atoms with Crippen LogP contribution in [-0.4, -0.2) is 16.6 Å². The molecule has 0 saturated heterocycles. The maximum atomic E-state index is 10.3. The van der Waals surface area contributed by atoms with Crippen molar-refractivity contribution < 1.29 is 5.11 Å². The minimum absolute atomic E-state index is 0.194. The zero-order valence-electron chi connectivity index (χ0n) is 12.6. The number of thiazole rings is 1. The van der Waals surface area contributed by atoms with E-state index in [1.165, 1.54) is 23.4 Å². The zero-order chi connectivity index (χ0) is 14.8. The van der Waals surface area contributed by atoms with Crippen LogP contribution in [-0.2, 0) is 12.8 Å². The highest BCUT2D eigenvalue weighted by molar-refractivity contribution is 7.11. The molecule has 21 heavy (non-hydrogen) atoms. The van der Waals surface area contributed by atoms with Crippen LogP contribution in [0.2, 0.25) is 0 Å². The standard InChI is InChI=1S/C17H22N2OS/c1-11-6-3-4-7-13(11)15(20)10-18-12(2)17-19-14-8-5-9-16(14)21-17/h3-4,6-7,12,15,18,20H,5,8-10H2,1-2H3. The van der Waals surface area contributed by atoms with Gasteiger partial charge in [0.25, 0.3) is 0 Å². The van der Waals surface area contributed by atoms with Gasteiger partial charge in [0.1, 0.15) is 5.01 Å². The van der Waals surface area contributed by atoms with Gasteiger partial charge in [-0.1, -0.05) is 24.3 Å². The molecular weight excluding hydrogens is 280 g/mol. The van der Waals surface area contributed by atoms with Gasteiger partial charge >= 0.3 is 0 Å². The number of aliphatic hydroxyl groups excluding tert-OH is 1. The Bertz CT molecular complexity index is 602. The van der Waals surface area contributed by atoms with Gasteiger partial charge in [-0.3, -0.25) is 0 Å². The van der Waals surface area contributed by atoms with Crippen molar-refractivity contribution in [3.8, 4) is 0 Å². The summed E-state index contributed by atoms with van der Waals surface area (Å²) >= 11 is 1.83. The van der Waals surface area contributed by atoms with Gasteiger partial charge in [0.05, 0.1) is 17.8 Å². The minimum Gasteiger partial charge on any atom is -0.387 e. The number of benzene rings is 1. The van der Waals surface area contributed by atoms with Crippen LogP contribution in [0.3, 0.4) is 0 Å². The molecule has 1 aliphatic carbocycles. The number of rotatable bonds is 5. The second-order valence-electron chi connectivity index (χ2n) is 5.78. The molecule has 2 aromatic rings. The topological polar surface area (TPSA) is 45.1 Å². The predicted octanol–water partition coefficient (Wildman–Crippen LogP) is 3.32. The van der Waals surface area contributed by atoms with Gasteiger partial charge in [-0.15, -0.1) is 11.3 Å². The molecule has 4 heteroatoms. The maximum absolute atomic E-state index is 10.3. The number of nitrogens with one attached hydrogen (secondary N) is 1. The molecule has 1 aromatic carbocycles. The number of nitrogens with zero attached hydrogens (tertiary/aromatic N) is 1. The molecule has 0 spiro atoms. The predicted molar refractivity (Wildman–Crippen MR) is 86.7 cm³/mol. The maximum Gasteiger partial charge on any atom is 0.110 e. The van der Waals surface area contributed by atoms with Crippen molar-refractivity contribution in [3.05, 3.63) is 51.0 Å². The van der Waals surface area contributed by atoms with E-state index in [0.717, 1.165) is 22.6 Å². The lowest BCUT2D eigenvalue weighted by Gasteiger charge is -2.17. The summed E-state index contributed by atoms with van der Waals surface area (Å²) in [5.41, 5.74) is 3.43. The van der Waals surface area contributed by atoms with Gasteiger partial charge in [0.15, 0.2) is 0 Å². The molecule has 2 atom stereocenters. The molecule has 112 valence electrons. The molecule has 0 radical (unpaired) electrons. The van der Waals surface area contributed by atoms with Gasteiger partial charge in [-0.25, -0.2) is 4.98 Å². The van der Waals surface area contributed by atoms with E-state index in [1.807, 2.05) is 42.5 Å². The molecule has 0 fully saturated rings. The Balaban J connectivity index is 1.60. The SMILES string of the molecule is Cc1ccccc1C(O)CNC(C)c1nc2c(s1)CCC2. The lowest BCUT2D eigenvalue weighted by Crippen LogP contribution is -2.25. The summed E-state index contributed by atoms with van der Waals surface area (Å²) in [7, 11) is 0. The molecule has 2 unspecified atom stereocenters. The normalized spacial score (nSPS) is 16.7. The fourth-order valence-electron chi connectivity index (χ4n) is 2.84. The highest BCUT2D eigenvalue weighted by Gasteiger charge is 2.20. The van der Waals surface area contributed by atoms with Crippen LogP contribution in [0.1, 0.15) is 52.2 Å². The van der Waals surface area contributed by atoms with Crippen molar-refractivity contribution in [2.24, 2.45) is 0 Å².